The smallest absolute Gasteiger partial charge is 0.127 e. The van der Waals surface area contributed by atoms with Crippen LogP contribution in [0.1, 0.15) is 30.5 Å². The van der Waals surface area contributed by atoms with Crippen LogP contribution in [-0.4, -0.2) is 11.5 Å². The molecule has 1 N–H and O–H groups in total. The lowest BCUT2D eigenvalue weighted by Crippen LogP contribution is -2.17. The second-order valence-corrected chi connectivity index (χ2v) is 4.79. The van der Waals surface area contributed by atoms with E-state index in [0.29, 0.717) is 6.04 Å². The highest BCUT2D eigenvalue weighted by Gasteiger charge is 2.14. The Morgan fingerprint density at radius 1 is 1.56 bits per heavy atom. The van der Waals surface area contributed by atoms with Crippen molar-refractivity contribution in [2.24, 2.45) is 0 Å². The zero-order valence-corrected chi connectivity index (χ0v) is 10.6. The van der Waals surface area contributed by atoms with Crippen molar-refractivity contribution in [3.8, 4) is 10.6 Å². The largest absolute Gasteiger partial charge is 0.472 e. The normalized spacial score (nSPS) is 12.9. The number of nitrogens with one attached hydrogen (secondary N) is 1. The van der Waals surface area contributed by atoms with Crippen LogP contribution in [0.25, 0.3) is 10.6 Å². The van der Waals surface area contributed by atoms with Crippen molar-refractivity contribution in [1.82, 2.24) is 10.3 Å². The first-order valence-electron chi connectivity index (χ1n) is 5.45. The first-order chi connectivity index (χ1) is 7.72. The van der Waals surface area contributed by atoms with E-state index in [0.717, 1.165) is 22.8 Å². The van der Waals surface area contributed by atoms with Gasteiger partial charge in [0.25, 0.3) is 0 Å². The third kappa shape index (κ3) is 2.18. The molecule has 0 bridgehead atoms. The van der Waals surface area contributed by atoms with E-state index in [-0.39, 0.29) is 0 Å². The monoisotopic (exact) mass is 236 g/mol. The zero-order valence-electron chi connectivity index (χ0n) is 9.78. The molecule has 0 aliphatic carbocycles. The van der Waals surface area contributed by atoms with E-state index in [2.05, 4.69) is 31.1 Å². The number of aryl methyl sites for hydroxylation is 1. The molecule has 0 aliphatic rings. The van der Waals surface area contributed by atoms with Crippen molar-refractivity contribution < 1.29 is 4.42 Å². The molecule has 0 spiro atoms. The highest BCUT2D eigenvalue weighted by atomic mass is 32.1. The van der Waals surface area contributed by atoms with Crippen molar-refractivity contribution in [2.45, 2.75) is 26.8 Å². The molecule has 0 saturated carbocycles. The van der Waals surface area contributed by atoms with Crippen LogP contribution in [-0.2, 0) is 0 Å². The van der Waals surface area contributed by atoms with E-state index in [1.165, 1.54) is 4.88 Å². The minimum absolute atomic E-state index is 0.364. The standard InChI is InChI=1S/C12H16N2OS/c1-4-13-8(2)11-9(3)14-12(16-11)10-5-6-15-7-10/h5-8,13H,4H2,1-3H3. The van der Waals surface area contributed by atoms with Gasteiger partial charge in [0.2, 0.25) is 0 Å². The fraction of sp³-hybridized carbons (Fsp3) is 0.417. The lowest BCUT2D eigenvalue weighted by Gasteiger charge is -2.09. The molecule has 0 fully saturated rings. The third-order valence-electron chi connectivity index (χ3n) is 2.50. The Balaban J connectivity index is 2.28. The van der Waals surface area contributed by atoms with E-state index < -0.39 is 0 Å². The van der Waals surface area contributed by atoms with Crippen LogP contribution in [0.2, 0.25) is 0 Å². The molecule has 0 aromatic carbocycles. The predicted octanol–water partition coefficient (Wildman–Crippen LogP) is 3.38. The molecule has 0 aliphatic heterocycles. The van der Waals surface area contributed by atoms with Crippen molar-refractivity contribution >= 4 is 11.3 Å². The molecule has 2 rings (SSSR count). The van der Waals surface area contributed by atoms with Crippen LogP contribution < -0.4 is 5.32 Å². The molecule has 16 heavy (non-hydrogen) atoms. The fourth-order valence-corrected chi connectivity index (χ4v) is 2.80. The van der Waals surface area contributed by atoms with Crippen LogP contribution in [0.4, 0.5) is 0 Å². The molecular formula is C12H16N2OS. The highest BCUT2D eigenvalue weighted by molar-refractivity contribution is 7.15. The Bertz CT molecular complexity index is 448. The highest BCUT2D eigenvalue weighted by Crippen LogP contribution is 2.31. The molecule has 1 atom stereocenters. The molecule has 0 radical (unpaired) electrons. The van der Waals surface area contributed by atoms with E-state index in [4.69, 9.17) is 4.42 Å². The number of aromatic nitrogens is 1. The Morgan fingerprint density at radius 2 is 2.38 bits per heavy atom. The van der Waals surface area contributed by atoms with Gasteiger partial charge in [-0.3, -0.25) is 0 Å². The number of hydrogen-bond acceptors (Lipinski definition) is 4. The quantitative estimate of drug-likeness (QED) is 0.884. The summed E-state index contributed by atoms with van der Waals surface area (Å²) in [6.45, 7) is 7.32. The Labute approximate surface area is 99.5 Å². The minimum atomic E-state index is 0.364. The number of rotatable bonds is 4. The summed E-state index contributed by atoms with van der Waals surface area (Å²) in [7, 11) is 0. The van der Waals surface area contributed by atoms with Crippen LogP contribution in [0, 0.1) is 6.92 Å². The molecule has 2 aromatic heterocycles. The number of thiazole rings is 1. The molecule has 86 valence electrons. The average molecular weight is 236 g/mol. The van der Waals surface area contributed by atoms with Gasteiger partial charge in [0, 0.05) is 16.5 Å². The summed E-state index contributed by atoms with van der Waals surface area (Å²) in [5, 5.41) is 4.44. The first kappa shape index (κ1) is 11.4. The number of furan rings is 1. The van der Waals surface area contributed by atoms with Gasteiger partial charge in [-0.15, -0.1) is 11.3 Å². The molecule has 0 saturated heterocycles. The summed E-state index contributed by atoms with van der Waals surface area (Å²) < 4.78 is 5.08. The van der Waals surface area contributed by atoms with Crippen LogP contribution in [0.15, 0.2) is 23.0 Å². The topological polar surface area (TPSA) is 38.1 Å². The van der Waals surface area contributed by atoms with Crippen molar-refractivity contribution in [1.29, 1.82) is 0 Å². The number of nitrogens with zero attached hydrogens (tertiary/aromatic N) is 1. The van der Waals surface area contributed by atoms with E-state index in [1.807, 2.05) is 6.07 Å². The maximum Gasteiger partial charge on any atom is 0.127 e. The SMILES string of the molecule is CCNC(C)c1sc(-c2ccoc2)nc1C. The Kier molecular flexibility index (Phi) is 3.41. The van der Waals surface area contributed by atoms with Gasteiger partial charge >= 0.3 is 0 Å². The Hall–Kier alpha value is -1.13. The summed E-state index contributed by atoms with van der Waals surface area (Å²) in [4.78, 5) is 5.88. The second kappa shape index (κ2) is 4.80. The second-order valence-electron chi connectivity index (χ2n) is 3.76. The van der Waals surface area contributed by atoms with Crippen LogP contribution in [0.3, 0.4) is 0 Å². The van der Waals surface area contributed by atoms with Gasteiger partial charge in [0.05, 0.1) is 12.0 Å². The molecule has 4 heteroatoms. The van der Waals surface area contributed by atoms with Crippen molar-refractivity contribution in [3.05, 3.63) is 29.2 Å². The van der Waals surface area contributed by atoms with Gasteiger partial charge in [0.15, 0.2) is 0 Å². The van der Waals surface area contributed by atoms with Crippen LogP contribution in [0.5, 0.6) is 0 Å². The summed E-state index contributed by atoms with van der Waals surface area (Å²) in [6, 6.07) is 2.31. The Morgan fingerprint density at radius 3 is 3.00 bits per heavy atom. The molecule has 2 heterocycles. The van der Waals surface area contributed by atoms with Gasteiger partial charge in [-0.05, 0) is 26.5 Å². The fourth-order valence-electron chi connectivity index (χ4n) is 1.72. The van der Waals surface area contributed by atoms with Gasteiger partial charge < -0.3 is 9.73 Å². The lowest BCUT2D eigenvalue weighted by atomic mass is 10.2. The summed E-state index contributed by atoms with van der Waals surface area (Å²) >= 11 is 1.73. The number of hydrogen-bond donors (Lipinski definition) is 1. The summed E-state index contributed by atoms with van der Waals surface area (Å²) in [6.07, 6.45) is 3.42. The predicted molar refractivity (Wildman–Crippen MR) is 66.6 cm³/mol. The zero-order chi connectivity index (χ0) is 11.5. The van der Waals surface area contributed by atoms with Crippen LogP contribution >= 0.6 is 11.3 Å². The molecule has 0 amide bonds. The van der Waals surface area contributed by atoms with E-state index in [9.17, 15) is 0 Å². The van der Waals surface area contributed by atoms with Gasteiger partial charge in [-0.25, -0.2) is 4.98 Å². The van der Waals surface area contributed by atoms with Crippen molar-refractivity contribution in [2.75, 3.05) is 6.54 Å². The average Bonchev–Trinajstić information content (AvgIpc) is 2.86. The minimum Gasteiger partial charge on any atom is -0.472 e. The van der Waals surface area contributed by atoms with Crippen molar-refractivity contribution in [3.63, 3.8) is 0 Å². The third-order valence-corrected chi connectivity index (χ3v) is 3.89. The lowest BCUT2D eigenvalue weighted by molar-refractivity contribution is 0.568. The maximum absolute atomic E-state index is 5.08. The molecule has 3 nitrogen and oxygen atoms in total. The summed E-state index contributed by atoms with van der Waals surface area (Å²) in [5.41, 5.74) is 2.16. The van der Waals surface area contributed by atoms with Gasteiger partial charge in [0.1, 0.15) is 11.3 Å². The van der Waals surface area contributed by atoms with Gasteiger partial charge in [-0.2, -0.15) is 0 Å². The molecule has 1 unspecified atom stereocenters. The first-order valence-corrected chi connectivity index (χ1v) is 6.27. The maximum atomic E-state index is 5.08. The van der Waals surface area contributed by atoms with E-state index >= 15 is 0 Å². The summed E-state index contributed by atoms with van der Waals surface area (Å²) in [5.74, 6) is 0. The van der Waals surface area contributed by atoms with Gasteiger partial charge in [-0.1, -0.05) is 6.92 Å². The van der Waals surface area contributed by atoms with E-state index in [1.54, 1.807) is 23.9 Å². The molecular weight excluding hydrogens is 220 g/mol. The molecule has 2 aromatic rings.